The molecule has 1 aliphatic heterocycles. The van der Waals surface area contributed by atoms with Crippen LogP contribution in [0.2, 0.25) is 0 Å². The fraction of sp³-hybridized carbons (Fsp3) is 0.481. The summed E-state index contributed by atoms with van der Waals surface area (Å²) >= 11 is 0. The minimum Gasteiger partial charge on any atom is -0.388 e. The molecule has 1 fully saturated rings. The Kier molecular flexibility index (Phi) is 10.2. The van der Waals surface area contributed by atoms with Gasteiger partial charge in [0.2, 0.25) is 6.17 Å². The van der Waals surface area contributed by atoms with Gasteiger partial charge in [0.05, 0.1) is 6.54 Å². The lowest BCUT2D eigenvalue weighted by molar-refractivity contribution is -0.166. The number of nitrogens with zero attached hydrogens (tertiary/aromatic N) is 1. The summed E-state index contributed by atoms with van der Waals surface area (Å²) in [7, 11) is 5.03. The summed E-state index contributed by atoms with van der Waals surface area (Å²) in [6, 6.07) is 13.4. The smallest absolute Gasteiger partial charge is 0.296 e. The summed E-state index contributed by atoms with van der Waals surface area (Å²) < 4.78 is 76.8. The quantitative estimate of drug-likeness (QED) is 0.171. The number of carbonyl (C=O) groups is 2. The fourth-order valence-electron chi connectivity index (χ4n) is 4.11. The summed E-state index contributed by atoms with van der Waals surface area (Å²) in [5, 5.41) is 7.91. The number of rotatable bonds is 15. The summed E-state index contributed by atoms with van der Waals surface area (Å²) in [6.07, 6.45) is -8.91. The van der Waals surface area contributed by atoms with Crippen molar-refractivity contribution >= 4 is 17.4 Å². The van der Waals surface area contributed by atoms with E-state index < -0.39 is 49.0 Å². The van der Waals surface area contributed by atoms with Crippen LogP contribution in [0.25, 0.3) is 11.1 Å². The molecule has 8 nitrogen and oxygen atoms in total. The van der Waals surface area contributed by atoms with Crippen molar-refractivity contribution in [2.24, 2.45) is 0 Å². The molecule has 4 unspecified atom stereocenters. The molecule has 4 atom stereocenters. The molecule has 1 amide bonds. The van der Waals surface area contributed by atoms with Crippen molar-refractivity contribution in [2.75, 3.05) is 46.2 Å². The van der Waals surface area contributed by atoms with Gasteiger partial charge in [-0.3, -0.25) is 14.9 Å². The Labute approximate surface area is 229 Å². The number of likely N-dealkylation sites (N-methyl/N-ethyl adjacent to an activating group) is 1. The predicted molar refractivity (Wildman–Crippen MR) is 139 cm³/mol. The van der Waals surface area contributed by atoms with E-state index in [9.17, 15) is 31.5 Å². The number of benzene rings is 2. The van der Waals surface area contributed by atoms with Crippen LogP contribution in [-0.2, 0) is 19.1 Å². The zero-order valence-electron chi connectivity index (χ0n) is 22.5. The molecule has 13 heteroatoms. The van der Waals surface area contributed by atoms with Crippen LogP contribution in [0.3, 0.4) is 0 Å². The largest absolute Gasteiger partial charge is 0.388 e. The van der Waals surface area contributed by atoms with E-state index in [2.05, 4.69) is 16.0 Å². The molecule has 220 valence electrons. The lowest BCUT2D eigenvalue weighted by Gasteiger charge is -2.28. The minimum atomic E-state index is -4.41. The Hall–Kier alpha value is -3.13. The highest BCUT2D eigenvalue weighted by Gasteiger charge is 2.54. The number of ketones is 1. The lowest BCUT2D eigenvalue weighted by atomic mass is 9.92. The predicted octanol–water partition coefficient (Wildman–Crippen LogP) is 3.60. The second-order valence-corrected chi connectivity index (χ2v) is 9.70. The van der Waals surface area contributed by atoms with Gasteiger partial charge in [-0.1, -0.05) is 42.5 Å². The SMILES string of the molecule is CNc1ccccc1-c1ccccc1C(NC(=O)C(CN(C)C)OC1(NCC(F)(F)C(F)C(F)F)CO1)C(C)=O. The molecule has 40 heavy (non-hydrogen) atoms. The third kappa shape index (κ3) is 7.74. The number of para-hydroxylation sites is 1. The Balaban J connectivity index is 1.83. The standard InChI is InChI=1S/C27H33F5N4O4/c1-16(37)22(19-11-6-5-9-17(19)18-10-7-8-12-20(18)33-2)35-25(38)21(13-36(3)4)40-27(15-39-27)34-14-26(31,32)23(28)24(29)30/h5-12,21-24,33-34H,13-15H2,1-4H3,(H,35,38). The normalized spacial score (nSPS) is 19.3. The Morgan fingerprint density at radius 2 is 1.68 bits per heavy atom. The van der Waals surface area contributed by atoms with E-state index in [1.807, 2.05) is 30.3 Å². The number of Topliss-reactive ketones (excluding diaryl/α,β-unsaturated/α-hetero) is 1. The number of anilines is 1. The molecular formula is C27H33F5N4O4. The van der Waals surface area contributed by atoms with Crippen molar-refractivity contribution in [1.82, 2.24) is 15.5 Å². The lowest BCUT2D eigenvalue weighted by Crippen LogP contribution is -2.53. The number of nitrogens with one attached hydrogen (secondary N) is 3. The number of amides is 1. The number of hydrogen-bond acceptors (Lipinski definition) is 7. The first-order valence-electron chi connectivity index (χ1n) is 12.5. The number of alkyl halides is 5. The first kappa shape index (κ1) is 31.4. The molecule has 3 rings (SSSR count). The molecule has 0 aromatic heterocycles. The first-order chi connectivity index (χ1) is 18.8. The van der Waals surface area contributed by atoms with Gasteiger partial charge in [-0.2, -0.15) is 0 Å². The van der Waals surface area contributed by atoms with Gasteiger partial charge in [-0.25, -0.2) is 22.0 Å². The second-order valence-electron chi connectivity index (χ2n) is 9.70. The van der Waals surface area contributed by atoms with Crippen LogP contribution in [0.1, 0.15) is 18.5 Å². The van der Waals surface area contributed by atoms with E-state index in [0.717, 1.165) is 11.3 Å². The molecule has 1 saturated heterocycles. The minimum absolute atomic E-state index is 0.0490. The van der Waals surface area contributed by atoms with E-state index in [0.29, 0.717) is 11.1 Å². The highest BCUT2D eigenvalue weighted by atomic mass is 19.3. The number of ether oxygens (including phenoxy) is 2. The van der Waals surface area contributed by atoms with E-state index >= 15 is 0 Å². The first-order valence-corrected chi connectivity index (χ1v) is 12.5. The molecular weight excluding hydrogens is 539 g/mol. The average Bonchev–Trinajstić information content (AvgIpc) is 3.68. The monoisotopic (exact) mass is 572 g/mol. The fourth-order valence-corrected chi connectivity index (χ4v) is 4.11. The van der Waals surface area contributed by atoms with Crippen LogP contribution in [0, 0.1) is 0 Å². The molecule has 0 radical (unpaired) electrons. The van der Waals surface area contributed by atoms with Crippen molar-refractivity contribution in [3.05, 3.63) is 54.1 Å². The van der Waals surface area contributed by atoms with E-state index in [1.165, 1.54) is 6.92 Å². The average molecular weight is 573 g/mol. The van der Waals surface area contributed by atoms with Gasteiger partial charge in [0.15, 0.2) is 11.9 Å². The number of epoxide rings is 1. The van der Waals surface area contributed by atoms with Gasteiger partial charge < -0.3 is 25.0 Å². The van der Waals surface area contributed by atoms with Gasteiger partial charge in [0.25, 0.3) is 24.2 Å². The van der Waals surface area contributed by atoms with Crippen molar-refractivity contribution < 1.29 is 41.0 Å². The summed E-state index contributed by atoms with van der Waals surface area (Å²) in [5.41, 5.74) is 2.82. The molecule has 1 heterocycles. The summed E-state index contributed by atoms with van der Waals surface area (Å²) in [5.74, 6) is -7.44. The van der Waals surface area contributed by atoms with Crippen molar-refractivity contribution in [2.45, 2.75) is 43.5 Å². The highest BCUT2D eigenvalue weighted by Crippen LogP contribution is 2.35. The van der Waals surface area contributed by atoms with Crippen LogP contribution in [0.5, 0.6) is 0 Å². The summed E-state index contributed by atoms with van der Waals surface area (Å²) in [4.78, 5) is 27.8. The van der Waals surface area contributed by atoms with Gasteiger partial charge in [0, 0.05) is 24.8 Å². The second kappa shape index (κ2) is 13.0. The zero-order chi connectivity index (χ0) is 29.7. The van der Waals surface area contributed by atoms with Crippen LogP contribution in [0.15, 0.2) is 48.5 Å². The maximum absolute atomic E-state index is 13.9. The van der Waals surface area contributed by atoms with E-state index in [-0.39, 0.29) is 18.9 Å². The van der Waals surface area contributed by atoms with Crippen molar-refractivity contribution in [1.29, 1.82) is 0 Å². The molecule has 2 aromatic carbocycles. The van der Waals surface area contributed by atoms with E-state index in [4.69, 9.17) is 9.47 Å². The third-order valence-corrected chi connectivity index (χ3v) is 6.23. The zero-order valence-corrected chi connectivity index (χ0v) is 22.5. The molecule has 0 bridgehead atoms. The topological polar surface area (TPSA) is 95.2 Å². The van der Waals surface area contributed by atoms with Crippen LogP contribution in [-0.4, -0.2) is 88.0 Å². The summed E-state index contributed by atoms with van der Waals surface area (Å²) in [6.45, 7) is -0.527. The number of carbonyl (C=O) groups excluding carboxylic acids is 2. The molecule has 1 aliphatic rings. The number of halogens is 5. The molecule has 0 saturated carbocycles. The van der Waals surface area contributed by atoms with Crippen molar-refractivity contribution in [3.63, 3.8) is 0 Å². The molecule has 3 N–H and O–H groups in total. The Morgan fingerprint density at radius 3 is 2.23 bits per heavy atom. The van der Waals surface area contributed by atoms with Gasteiger partial charge >= 0.3 is 0 Å². The van der Waals surface area contributed by atoms with Crippen LogP contribution < -0.4 is 16.0 Å². The highest BCUT2D eigenvalue weighted by molar-refractivity contribution is 5.93. The molecule has 2 aromatic rings. The molecule has 0 spiro atoms. The maximum Gasteiger partial charge on any atom is 0.296 e. The van der Waals surface area contributed by atoms with Gasteiger partial charge in [0.1, 0.15) is 12.6 Å². The Morgan fingerprint density at radius 1 is 1.07 bits per heavy atom. The van der Waals surface area contributed by atoms with Gasteiger partial charge in [-0.15, -0.1) is 0 Å². The van der Waals surface area contributed by atoms with Crippen LogP contribution in [0.4, 0.5) is 27.6 Å². The van der Waals surface area contributed by atoms with E-state index in [1.54, 1.807) is 44.2 Å². The van der Waals surface area contributed by atoms with Crippen molar-refractivity contribution in [3.8, 4) is 11.1 Å². The Bertz CT molecular complexity index is 1180. The number of hydrogen-bond donors (Lipinski definition) is 3. The molecule has 0 aliphatic carbocycles. The van der Waals surface area contributed by atoms with Gasteiger partial charge in [-0.05, 0) is 38.2 Å². The maximum atomic E-state index is 13.9. The third-order valence-electron chi connectivity index (χ3n) is 6.23. The van der Waals surface area contributed by atoms with Crippen LogP contribution >= 0.6 is 0 Å².